The average Bonchev–Trinajstić information content (AvgIpc) is 1.80. The number of terminal acetylenes is 1. The molecule has 1 fully saturated rings. The third-order valence-electron chi connectivity index (χ3n) is 1.79. The van der Waals surface area contributed by atoms with Crippen molar-refractivity contribution < 1.29 is 15.0 Å². The Kier molecular flexibility index (Phi) is 1.42. The normalized spacial score (nSPS) is 37.8. The minimum Gasteiger partial charge on any atom is -0.481 e. The van der Waals surface area contributed by atoms with E-state index in [-0.39, 0.29) is 12.8 Å². The van der Waals surface area contributed by atoms with Gasteiger partial charge in [-0.15, -0.1) is 6.42 Å². The number of aliphatic hydroxyl groups is 1. The van der Waals surface area contributed by atoms with E-state index in [0.29, 0.717) is 0 Å². The van der Waals surface area contributed by atoms with Crippen molar-refractivity contribution in [3.05, 3.63) is 0 Å². The maximum absolute atomic E-state index is 10.2. The summed E-state index contributed by atoms with van der Waals surface area (Å²) in [5.41, 5.74) is -1.14. The average molecular weight is 140 g/mol. The van der Waals surface area contributed by atoms with Crippen LogP contribution in [0.2, 0.25) is 0 Å². The van der Waals surface area contributed by atoms with Gasteiger partial charge in [-0.3, -0.25) is 4.79 Å². The molecule has 0 bridgehead atoms. The lowest BCUT2D eigenvalue weighted by Gasteiger charge is -2.36. The molecule has 0 amide bonds. The van der Waals surface area contributed by atoms with E-state index in [2.05, 4.69) is 5.92 Å². The number of carbonyl (C=O) groups is 1. The van der Waals surface area contributed by atoms with E-state index in [9.17, 15) is 4.79 Å². The molecule has 1 aliphatic rings. The van der Waals surface area contributed by atoms with E-state index in [1.54, 1.807) is 0 Å². The topological polar surface area (TPSA) is 57.5 Å². The standard InChI is InChI=1S/C7H8O3/c1-2-7(10)3-5(4-7)6(8)9/h1,5,10H,3-4H2,(H,8,9). The fourth-order valence-corrected chi connectivity index (χ4v) is 1.05. The van der Waals surface area contributed by atoms with Gasteiger partial charge in [0.15, 0.2) is 0 Å². The van der Waals surface area contributed by atoms with Crippen LogP contribution in [0.1, 0.15) is 12.8 Å². The van der Waals surface area contributed by atoms with Crippen molar-refractivity contribution in [2.75, 3.05) is 0 Å². The van der Waals surface area contributed by atoms with Crippen molar-refractivity contribution in [2.24, 2.45) is 5.92 Å². The molecule has 1 rings (SSSR count). The van der Waals surface area contributed by atoms with Crippen LogP contribution in [0.25, 0.3) is 0 Å². The number of rotatable bonds is 1. The van der Waals surface area contributed by atoms with E-state index >= 15 is 0 Å². The molecular weight excluding hydrogens is 132 g/mol. The van der Waals surface area contributed by atoms with E-state index in [1.807, 2.05) is 0 Å². The van der Waals surface area contributed by atoms with Crippen molar-refractivity contribution in [3.8, 4) is 12.3 Å². The summed E-state index contributed by atoms with van der Waals surface area (Å²) in [5, 5.41) is 17.5. The van der Waals surface area contributed by atoms with Gasteiger partial charge in [0, 0.05) is 12.8 Å². The van der Waals surface area contributed by atoms with Gasteiger partial charge in [0.25, 0.3) is 0 Å². The molecule has 1 aliphatic carbocycles. The van der Waals surface area contributed by atoms with Crippen LogP contribution in [0.5, 0.6) is 0 Å². The van der Waals surface area contributed by atoms with Crippen molar-refractivity contribution in [2.45, 2.75) is 18.4 Å². The van der Waals surface area contributed by atoms with Gasteiger partial charge in [-0.2, -0.15) is 0 Å². The van der Waals surface area contributed by atoms with Crippen LogP contribution in [0.4, 0.5) is 0 Å². The van der Waals surface area contributed by atoms with Crippen LogP contribution < -0.4 is 0 Å². The van der Waals surface area contributed by atoms with Crippen LogP contribution in [-0.2, 0) is 4.79 Å². The molecule has 0 unspecified atom stereocenters. The third-order valence-corrected chi connectivity index (χ3v) is 1.79. The maximum Gasteiger partial charge on any atom is 0.306 e. The first-order valence-electron chi connectivity index (χ1n) is 3.00. The minimum atomic E-state index is -1.14. The predicted molar refractivity (Wildman–Crippen MR) is 34.1 cm³/mol. The molecule has 0 heterocycles. The molecule has 0 aliphatic heterocycles. The molecule has 0 aromatic heterocycles. The van der Waals surface area contributed by atoms with Gasteiger partial charge in [-0.25, -0.2) is 0 Å². The SMILES string of the molecule is C#CC1(O)CC(C(=O)O)C1. The highest BCUT2D eigenvalue weighted by atomic mass is 16.4. The minimum absolute atomic E-state index is 0.193. The third kappa shape index (κ3) is 0.981. The number of hydrogen-bond acceptors (Lipinski definition) is 2. The van der Waals surface area contributed by atoms with Crippen molar-refractivity contribution in [1.29, 1.82) is 0 Å². The molecule has 0 aromatic carbocycles. The number of aliphatic carboxylic acids is 1. The van der Waals surface area contributed by atoms with E-state index in [0.717, 1.165) is 0 Å². The second kappa shape index (κ2) is 1.99. The van der Waals surface area contributed by atoms with Gasteiger partial charge in [-0.05, 0) is 0 Å². The van der Waals surface area contributed by atoms with E-state index < -0.39 is 17.5 Å². The second-order valence-electron chi connectivity index (χ2n) is 2.62. The quantitative estimate of drug-likeness (QED) is 0.498. The lowest BCUT2D eigenvalue weighted by Crippen LogP contribution is -2.45. The Morgan fingerprint density at radius 1 is 1.70 bits per heavy atom. The summed E-state index contributed by atoms with van der Waals surface area (Å²) in [4.78, 5) is 10.2. The Balaban J connectivity index is 2.46. The monoisotopic (exact) mass is 140 g/mol. The molecule has 54 valence electrons. The molecule has 0 atom stereocenters. The molecular formula is C7H8O3. The summed E-state index contributed by atoms with van der Waals surface area (Å²) in [6, 6.07) is 0. The first kappa shape index (κ1) is 7.10. The maximum atomic E-state index is 10.2. The zero-order valence-corrected chi connectivity index (χ0v) is 5.37. The van der Waals surface area contributed by atoms with Crippen LogP contribution in [0.15, 0.2) is 0 Å². The Bertz CT molecular complexity index is 195. The largest absolute Gasteiger partial charge is 0.481 e. The summed E-state index contributed by atoms with van der Waals surface area (Å²) < 4.78 is 0. The summed E-state index contributed by atoms with van der Waals surface area (Å²) in [5.74, 6) is 0.836. The summed E-state index contributed by atoms with van der Waals surface area (Å²) in [7, 11) is 0. The first-order valence-corrected chi connectivity index (χ1v) is 3.00. The van der Waals surface area contributed by atoms with Gasteiger partial charge in [0.1, 0.15) is 5.60 Å². The Morgan fingerprint density at radius 2 is 2.20 bits per heavy atom. The molecule has 0 saturated heterocycles. The van der Waals surface area contributed by atoms with Gasteiger partial charge < -0.3 is 10.2 Å². The summed E-state index contributed by atoms with van der Waals surface area (Å²) in [6.45, 7) is 0. The number of hydrogen-bond donors (Lipinski definition) is 2. The van der Waals surface area contributed by atoms with Crippen LogP contribution in [-0.4, -0.2) is 21.8 Å². The molecule has 0 spiro atoms. The summed E-state index contributed by atoms with van der Waals surface area (Å²) >= 11 is 0. The van der Waals surface area contributed by atoms with Crippen molar-refractivity contribution in [1.82, 2.24) is 0 Å². The van der Waals surface area contributed by atoms with Gasteiger partial charge >= 0.3 is 5.97 Å². The fourth-order valence-electron chi connectivity index (χ4n) is 1.05. The Hall–Kier alpha value is -1.01. The highest BCUT2D eigenvalue weighted by molar-refractivity contribution is 5.72. The second-order valence-corrected chi connectivity index (χ2v) is 2.62. The van der Waals surface area contributed by atoms with Gasteiger partial charge in [0.05, 0.1) is 5.92 Å². The number of carboxylic acids is 1. The zero-order chi connectivity index (χ0) is 7.78. The molecule has 0 radical (unpaired) electrons. The lowest BCUT2D eigenvalue weighted by molar-refractivity contribution is -0.152. The molecule has 0 aromatic rings. The fraction of sp³-hybridized carbons (Fsp3) is 0.571. The van der Waals surface area contributed by atoms with Crippen molar-refractivity contribution >= 4 is 5.97 Å². The summed E-state index contributed by atoms with van der Waals surface area (Å²) in [6.07, 6.45) is 5.32. The number of carboxylic acid groups (broad SMARTS) is 1. The van der Waals surface area contributed by atoms with E-state index in [4.69, 9.17) is 16.6 Å². The highest BCUT2D eigenvalue weighted by Gasteiger charge is 2.44. The molecule has 3 nitrogen and oxygen atoms in total. The van der Waals surface area contributed by atoms with Crippen LogP contribution in [0.3, 0.4) is 0 Å². The first-order chi connectivity index (χ1) is 4.57. The molecule has 1 saturated carbocycles. The van der Waals surface area contributed by atoms with E-state index in [1.165, 1.54) is 0 Å². The Morgan fingerprint density at radius 3 is 2.50 bits per heavy atom. The van der Waals surface area contributed by atoms with Gasteiger partial charge in [-0.1, -0.05) is 5.92 Å². The van der Waals surface area contributed by atoms with Gasteiger partial charge in [0.2, 0.25) is 0 Å². The van der Waals surface area contributed by atoms with Crippen molar-refractivity contribution in [3.63, 3.8) is 0 Å². The Labute approximate surface area is 58.7 Å². The molecule has 3 heteroatoms. The lowest BCUT2D eigenvalue weighted by atomic mass is 9.71. The smallest absolute Gasteiger partial charge is 0.306 e. The van der Waals surface area contributed by atoms with Crippen LogP contribution >= 0.6 is 0 Å². The van der Waals surface area contributed by atoms with Crippen LogP contribution in [0, 0.1) is 18.3 Å². The molecule has 2 N–H and O–H groups in total. The highest BCUT2D eigenvalue weighted by Crippen LogP contribution is 2.36. The molecule has 10 heavy (non-hydrogen) atoms. The zero-order valence-electron chi connectivity index (χ0n) is 5.37. The predicted octanol–water partition coefficient (Wildman–Crippen LogP) is -0.155.